The second kappa shape index (κ2) is 6.42. The van der Waals surface area contributed by atoms with E-state index in [0.717, 1.165) is 0 Å². The lowest BCUT2D eigenvalue weighted by atomic mass is 10.3. The first-order valence-corrected chi connectivity index (χ1v) is 7.87. The van der Waals surface area contributed by atoms with E-state index in [9.17, 15) is 13.2 Å². The lowest BCUT2D eigenvalue weighted by Crippen LogP contribution is -2.43. The average molecular weight is 366 g/mol. The van der Waals surface area contributed by atoms with Crippen molar-refractivity contribution in [3.05, 3.63) is 16.6 Å². The zero-order valence-electron chi connectivity index (χ0n) is 11.2. The summed E-state index contributed by atoms with van der Waals surface area (Å²) in [6.45, 7) is 1.44. The van der Waals surface area contributed by atoms with Crippen LogP contribution in [0.25, 0.3) is 0 Å². The zero-order valence-corrected chi connectivity index (χ0v) is 13.6. The number of amides is 1. The van der Waals surface area contributed by atoms with Crippen LogP contribution in [-0.4, -0.2) is 34.5 Å². The second-order valence-electron chi connectivity index (χ2n) is 3.98. The minimum absolute atomic E-state index is 0.127. The van der Waals surface area contributed by atoms with Crippen molar-refractivity contribution in [3.63, 3.8) is 0 Å². The molecule has 0 aliphatic carbocycles. The standard InChI is InChI=1S/C11H16BrN3O4S/c1-6(11(16)14-2)15-20(17,18)10-5-8(13)7(12)4-9(10)19-3/h4-6,15H,13H2,1-3H3,(H,14,16). The van der Waals surface area contributed by atoms with Gasteiger partial charge >= 0.3 is 0 Å². The van der Waals surface area contributed by atoms with E-state index in [1.165, 1.54) is 33.2 Å². The summed E-state index contributed by atoms with van der Waals surface area (Å²) in [5.41, 5.74) is 5.93. The van der Waals surface area contributed by atoms with E-state index in [2.05, 4.69) is 26.0 Å². The molecule has 1 aromatic carbocycles. The fourth-order valence-electron chi connectivity index (χ4n) is 1.49. The number of ether oxygens (including phenoxy) is 1. The minimum atomic E-state index is -3.93. The topological polar surface area (TPSA) is 111 Å². The highest BCUT2D eigenvalue weighted by Crippen LogP contribution is 2.32. The molecular formula is C11H16BrN3O4S. The van der Waals surface area contributed by atoms with E-state index in [-0.39, 0.29) is 16.3 Å². The van der Waals surface area contributed by atoms with Gasteiger partial charge in [0, 0.05) is 17.2 Å². The van der Waals surface area contributed by atoms with Crippen molar-refractivity contribution in [1.29, 1.82) is 0 Å². The van der Waals surface area contributed by atoms with Crippen LogP contribution in [-0.2, 0) is 14.8 Å². The fourth-order valence-corrected chi connectivity index (χ4v) is 3.20. The van der Waals surface area contributed by atoms with Crippen LogP contribution in [0.2, 0.25) is 0 Å². The number of nitrogens with one attached hydrogen (secondary N) is 2. The molecule has 20 heavy (non-hydrogen) atoms. The number of methoxy groups -OCH3 is 1. The van der Waals surface area contributed by atoms with E-state index in [4.69, 9.17) is 10.5 Å². The van der Waals surface area contributed by atoms with Crippen LogP contribution in [0.5, 0.6) is 5.75 Å². The highest BCUT2D eigenvalue weighted by molar-refractivity contribution is 9.10. The molecule has 0 aliphatic heterocycles. The molecular weight excluding hydrogens is 350 g/mol. The number of sulfonamides is 1. The Bertz CT molecular complexity index is 618. The first-order valence-electron chi connectivity index (χ1n) is 5.60. The predicted octanol–water partition coefficient (Wildman–Crippen LogP) is 0.453. The van der Waals surface area contributed by atoms with Gasteiger partial charge in [-0.1, -0.05) is 0 Å². The van der Waals surface area contributed by atoms with E-state index >= 15 is 0 Å². The Kier molecular flexibility index (Phi) is 5.37. The van der Waals surface area contributed by atoms with Gasteiger partial charge in [0.25, 0.3) is 0 Å². The highest BCUT2D eigenvalue weighted by Gasteiger charge is 2.25. The van der Waals surface area contributed by atoms with Gasteiger partial charge in [-0.3, -0.25) is 4.79 Å². The first kappa shape index (κ1) is 16.7. The minimum Gasteiger partial charge on any atom is -0.495 e. The van der Waals surface area contributed by atoms with E-state index in [1.54, 1.807) is 0 Å². The molecule has 112 valence electrons. The third-order valence-corrected chi connectivity index (χ3v) is 4.79. The van der Waals surface area contributed by atoms with Gasteiger partial charge < -0.3 is 15.8 Å². The number of halogens is 1. The largest absolute Gasteiger partial charge is 0.495 e. The zero-order chi connectivity index (χ0) is 15.5. The van der Waals surface area contributed by atoms with Crippen LogP contribution in [0.3, 0.4) is 0 Å². The first-order chi connectivity index (χ1) is 9.22. The molecule has 1 amide bonds. The van der Waals surface area contributed by atoms with E-state index in [1.807, 2.05) is 0 Å². The summed E-state index contributed by atoms with van der Waals surface area (Å²) >= 11 is 3.19. The summed E-state index contributed by atoms with van der Waals surface area (Å²) in [5.74, 6) is -0.319. The molecule has 0 saturated carbocycles. The lowest BCUT2D eigenvalue weighted by molar-refractivity contribution is -0.121. The van der Waals surface area contributed by atoms with Crippen molar-refractivity contribution in [1.82, 2.24) is 10.0 Å². The van der Waals surface area contributed by atoms with Gasteiger partial charge in [-0.25, -0.2) is 8.42 Å². The SMILES string of the molecule is CNC(=O)C(C)NS(=O)(=O)c1cc(N)c(Br)cc1OC. The number of nitrogen functional groups attached to an aromatic ring is 1. The Morgan fingerprint density at radius 2 is 2.05 bits per heavy atom. The molecule has 9 heteroatoms. The van der Waals surface area contributed by atoms with Crippen molar-refractivity contribution >= 4 is 37.5 Å². The molecule has 1 aromatic rings. The number of carbonyl (C=O) groups excluding carboxylic acids is 1. The molecule has 0 aromatic heterocycles. The van der Waals surface area contributed by atoms with E-state index in [0.29, 0.717) is 4.47 Å². The summed E-state index contributed by atoms with van der Waals surface area (Å²) in [7, 11) is -1.16. The fraction of sp³-hybridized carbons (Fsp3) is 0.364. The van der Waals surface area contributed by atoms with Crippen molar-refractivity contribution in [2.24, 2.45) is 0 Å². The van der Waals surface area contributed by atoms with Gasteiger partial charge in [0.2, 0.25) is 15.9 Å². The third-order valence-electron chi connectivity index (χ3n) is 2.54. The quantitative estimate of drug-likeness (QED) is 0.656. The molecule has 0 saturated heterocycles. The molecule has 0 aliphatic rings. The predicted molar refractivity (Wildman–Crippen MR) is 79.0 cm³/mol. The Morgan fingerprint density at radius 3 is 2.55 bits per heavy atom. The number of carbonyl (C=O) groups is 1. The molecule has 1 atom stereocenters. The van der Waals surface area contributed by atoms with Crippen molar-refractivity contribution in [3.8, 4) is 5.75 Å². The van der Waals surface area contributed by atoms with Gasteiger partial charge in [0.15, 0.2) is 0 Å². The Balaban J connectivity index is 3.22. The molecule has 0 spiro atoms. The number of benzene rings is 1. The smallest absolute Gasteiger partial charge is 0.245 e. The van der Waals surface area contributed by atoms with Gasteiger partial charge in [-0.15, -0.1) is 0 Å². The normalized spacial score (nSPS) is 12.8. The summed E-state index contributed by atoms with van der Waals surface area (Å²) < 4.78 is 32.3. The molecule has 0 radical (unpaired) electrons. The van der Waals surface area contributed by atoms with E-state index < -0.39 is 22.0 Å². The Labute approximate surface area is 126 Å². The van der Waals surface area contributed by atoms with Gasteiger partial charge in [-0.05, 0) is 35.0 Å². The number of anilines is 1. The maximum Gasteiger partial charge on any atom is 0.245 e. The van der Waals surface area contributed by atoms with Crippen molar-refractivity contribution in [2.75, 3.05) is 19.9 Å². The van der Waals surface area contributed by atoms with Gasteiger partial charge in [0.05, 0.1) is 13.2 Å². The molecule has 7 nitrogen and oxygen atoms in total. The van der Waals surface area contributed by atoms with Crippen LogP contribution < -0.4 is 20.5 Å². The summed E-state index contributed by atoms with van der Waals surface area (Å²) in [6.07, 6.45) is 0. The molecule has 1 rings (SSSR count). The molecule has 1 unspecified atom stereocenters. The summed E-state index contributed by atoms with van der Waals surface area (Å²) in [4.78, 5) is 11.3. The highest BCUT2D eigenvalue weighted by atomic mass is 79.9. The van der Waals surface area contributed by atoms with Gasteiger partial charge in [-0.2, -0.15) is 4.72 Å². The van der Waals surface area contributed by atoms with Crippen LogP contribution >= 0.6 is 15.9 Å². The lowest BCUT2D eigenvalue weighted by Gasteiger charge is -2.15. The van der Waals surface area contributed by atoms with Crippen molar-refractivity contribution in [2.45, 2.75) is 17.9 Å². The average Bonchev–Trinajstić information content (AvgIpc) is 2.39. The Hall–Kier alpha value is -1.32. The molecule has 0 bridgehead atoms. The monoisotopic (exact) mass is 365 g/mol. The number of nitrogens with two attached hydrogens (primary N) is 1. The third kappa shape index (κ3) is 3.62. The maximum absolute atomic E-state index is 12.3. The number of hydrogen-bond acceptors (Lipinski definition) is 5. The number of rotatable bonds is 5. The van der Waals surface area contributed by atoms with Crippen molar-refractivity contribution < 1.29 is 17.9 Å². The summed E-state index contributed by atoms with van der Waals surface area (Å²) in [5, 5.41) is 2.36. The Morgan fingerprint density at radius 1 is 1.45 bits per heavy atom. The maximum atomic E-state index is 12.3. The number of likely N-dealkylation sites (N-methyl/N-ethyl adjacent to an activating group) is 1. The molecule has 4 N–H and O–H groups in total. The van der Waals surface area contributed by atoms with Crippen LogP contribution in [0.1, 0.15) is 6.92 Å². The summed E-state index contributed by atoms with van der Waals surface area (Å²) in [6, 6.07) is 1.80. The molecule has 0 fully saturated rings. The van der Waals surface area contributed by atoms with Crippen LogP contribution in [0, 0.1) is 0 Å². The number of hydrogen-bond donors (Lipinski definition) is 3. The van der Waals surface area contributed by atoms with Crippen LogP contribution in [0.15, 0.2) is 21.5 Å². The van der Waals surface area contributed by atoms with Gasteiger partial charge in [0.1, 0.15) is 10.6 Å². The second-order valence-corrected chi connectivity index (χ2v) is 6.52. The molecule has 0 heterocycles. The van der Waals surface area contributed by atoms with Crippen LogP contribution in [0.4, 0.5) is 5.69 Å².